The van der Waals surface area contributed by atoms with E-state index in [4.69, 9.17) is 0 Å². The molecule has 2 N–H and O–H groups in total. The van der Waals surface area contributed by atoms with Gasteiger partial charge in [-0.25, -0.2) is 0 Å². The highest BCUT2D eigenvalue weighted by atomic mass is 16.3. The maximum Gasteiger partial charge on any atom is 0.0586 e. The lowest BCUT2D eigenvalue weighted by molar-refractivity contribution is 0.0780. The normalized spacial score (nSPS) is 29.2. The molecule has 3 heteroatoms. The summed E-state index contributed by atoms with van der Waals surface area (Å²) in [7, 11) is 0. The maximum atomic E-state index is 9.35. The fourth-order valence-electron chi connectivity index (χ4n) is 2.63. The fraction of sp³-hybridized carbons (Fsp3) is 1.00. The summed E-state index contributed by atoms with van der Waals surface area (Å²) in [4.78, 5) is 2.49. The van der Waals surface area contributed by atoms with E-state index in [0.717, 1.165) is 19.1 Å². The predicted molar refractivity (Wildman–Crippen MR) is 66.5 cm³/mol. The average molecular weight is 226 g/mol. The number of hydrogen-bond donors (Lipinski definition) is 2. The van der Waals surface area contributed by atoms with Gasteiger partial charge in [0.2, 0.25) is 0 Å². The zero-order chi connectivity index (χ0) is 11.4. The van der Waals surface area contributed by atoms with E-state index in [1.54, 1.807) is 0 Å². The van der Waals surface area contributed by atoms with Crippen molar-refractivity contribution in [2.75, 3.05) is 26.2 Å². The second-order valence-electron chi connectivity index (χ2n) is 5.61. The topological polar surface area (TPSA) is 35.5 Å². The maximum absolute atomic E-state index is 9.35. The van der Waals surface area contributed by atoms with Crippen molar-refractivity contribution in [3.8, 4) is 0 Å². The molecule has 2 atom stereocenters. The van der Waals surface area contributed by atoms with Crippen molar-refractivity contribution in [1.29, 1.82) is 0 Å². The highest BCUT2D eigenvalue weighted by molar-refractivity contribution is 4.83. The third kappa shape index (κ3) is 3.72. The van der Waals surface area contributed by atoms with Gasteiger partial charge in [0.1, 0.15) is 0 Å². The minimum absolute atomic E-state index is 0.336. The number of likely N-dealkylation sites (tertiary alicyclic amines) is 1. The highest BCUT2D eigenvalue weighted by Gasteiger charge is 2.24. The van der Waals surface area contributed by atoms with Gasteiger partial charge in [-0.05, 0) is 44.7 Å². The van der Waals surface area contributed by atoms with E-state index in [2.05, 4.69) is 17.1 Å². The van der Waals surface area contributed by atoms with Gasteiger partial charge in [0.25, 0.3) is 0 Å². The van der Waals surface area contributed by atoms with Crippen LogP contribution < -0.4 is 5.32 Å². The molecule has 3 nitrogen and oxygen atoms in total. The zero-order valence-corrected chi connectivity index (χ0v) is 10.5. The molecule has 1 saturated heterocycles. The molecule has 1 aliphatic heterocycles. The van der Waals surface area contributed by atoms with Crippen molar-refractivity contribution in [3.63, 3.8) is 0 Å². The molecule has 2 aliphatic rings. The Morgan fingerprint density at radius 1 is 1.31 bits per heavy atom. The van der Waals surface area contributed by atoms with Gasteiger partial charge in [-0.2, -0.15) is 0 Å². The molecule has 16 heavy (non-hydrogen) atoms. The summed E-state index contributed by atoms with van der Waals surface area (Å²) in [6, 6.07) is 1.24. The van der Waals surface area contributed by atoms with E-state index in [1.807, 2.05) is 0 Å². The van der Waals surface area contributed by atoms with Gasteiger partial charge in [0, 0.05) is 18.6 Å². The molecular formula is C13H26N2O. The van der Waals surface area contributed by atoms with Gasteiger partial charge < -0.3 is 10.4 Å². The second kappa shape index (κ2) is 5.99. The first-order valence-electron chi connectivity index (χ1n) is 6.88. The molecule has 2 unspecified atom stereocenters. The summed E-state index contributed by atoms with van der Waals surface area (Å²) in [5.74, 6) is 0.702. The molecular weight excluding hydrogens is 200 g/mol. The van der Waals surface area contributed by atoms with Crippen LogP contribution in [0.2, 0.25) is 0 Å². The molecule has 2 fully saturated rings. The van der Waals surface area contributed by atoms with Crippen molar-refractivity contribution in [3.05, 3.63) is 0 Å². The van der Waals surface area contributed by atoms with E-state index >= 15 is 0 Å². The first-order chi connectivity index (χ1) is 7.79. The van der Waals surface area contributed by atoms with Gasteiger partial charge in [-0.15, -0.1) is 0 Å². The Bertz CT molecular complexity index is 206. The number of nitrogens with zero attached hydrogens (tertiary/aromatic N) is 1. The van der Waals surface area contributed by atoms with Crippen LogP contribution in [0.5, 0.6) is 0 Å². The molecule has 0 bridgehead atoms. The molecule has 1 heterocycles. The van der Waals surface area contributed by atoms with Gasteiger partial charge in [-0.3, -0.25) is 4.90 Å². The van der Waals surface area contributed by atoms with Crippen LogP contribution in [-0.4, -0.2) is 48.3 Å². The summed E-state index contributed by atoms with van der Waals surface area (Å²) in [6.45, 7) is 6.12. The van der Waals surface area contributed by atoms with Crippen LogP contribution in [0, 0.1) is 5.92 Å². The van der Waals surface area contributed by atoms with Crippen LogP contribution in [0.4, 0.5) is 0 Å². The van der Waals surface area contributed by atoms with Gasteiger partial charge >= 0.3 is 0 Å². The van der Waals surface area contributed by atoms with Crippen LogP contribution in [0.15, 0.2) is 0 Å². The second-order valence-corrected chi connectivity index (χ2v) is 5.61. The average Bonchev–Trinajstić information content (AvgIpc) is 3.11. The monoisotopic (exact) mass is 226 g/mol. The van der Waals surface area contributed by atoms with Gasteiger partial charge in [0.05, 0.1) is 6.61 Å². The van der Waals surface area contributed by atoms with Crippen LogP contribution >= 0.6 is 0 Å². The molecule has 0 spiro atoms. The Morgan fingerprint density at radius 3 is 2.81 bits per heavy atom. The molecule has 0 radical (unpaired) electrons. The number of aliphatic hydroxyl groups is 1. The van der Waals surface area contributed by atoms with Crippen molar-refractivity contribution in [1.82, 2.24) is 10.2 Å². The van der Waals surface area contributed by atoms with E-state index in [9.17, 15) is 5.11 Å². The molecule has 1 aliphatic carbocycles. The van der Waals surface area contributed by atoms with Crippen LogP contribution in [0.1, 0.15) is 39.0 Å². The van der Waals surface area contributed by atoms with E-state index in [-0.39, 0.29) is 0 Å². The summed E-state index contributed by atoms with van der Waals surface area (Å²) in [5.41, 5.74) is 0. The molecule has 2 rings (SSSR count). The number of nitrogens with one attached hydrogen (secondary N) is 1. The molecule has 94 valence electrons. The lowest BCUT2D eigenvalue weighted by Gasteiger charge is -2.36. The van der Waals surface area contributed by atoms with Crippen LogP contribution in [-0.2, 0) is 0 Å². The van der Waals surface area contributed by atoms with Gasteiger partial charge in [0.15, 0.2) is 0 Å². The number of hydrogen-bond acceptors (Lipinski definition) is 3. The first-order valence-corrected chi connectivity index (χ1v) is 6.88. The SMILES string of the molecule is CC(CNC1CC1)CN1CCCCC1CO. The number of rotatable bonds is 6. The summed E-state index contributed by atoms with van der Waals surface area (Å²) in [5, 5.41) is 12.9. The number of aliphatic hydroxyl groups excluding tert-OH is 1. The van der Waals surface area contributed by atoms with E-state index in [1.165, 1.54) is 38.6 Å². The van der Waals surface area contributed by atoms with Crippen molar-refractivity contribution < 1.29 is 5.11 Å². The third-order valence-electron chi connectivity index (χ3n) is 3.84. The molecule has 0 aromatic heterocycles. The Labute approximate surface area is 99.2 Å². The Hall–Kier alpha value is -0.120. The van der Waals surface area contributed by atoms with Crippen LogP contribution in [0.3, 0.4) is 0 Å². The molecule has 0 amide bonds. The van der Waals surface area contributed by atoms with Gasteiger partial charge in [-0.1, -0.05) is 13.3 Å². The quantitative estimate of drug-likeness (QED) is 0.715. The zero-order valence-electron chi connectivity index (χ0n) is 10.5. The highest BCUT2D eigenvalue weighted by Crippen LogP contribution is 2.20. The van der Waals surface area contributed by atoms with Crippen LogP contribution in [0.25, 0.3) is 0 Å². The Kier molecular flexibility index (Phi) is 4.62. The fourth-order valence-corrected chi connectivity index (χ4v) is 2.63. The summed E-state index contributed by atoms with van der Waals surface area (Å²) < 4.78 is 0. The first kappa shape index (κ1) is 12.3. The summed E-state index contributed by atoms with van der Waals surface area (Å²) >= 11 is 0. The lowest BCUT2D eigenvalue weighted by Crippen LogP contribution is -2.45. The predicted octanol–water partition coefficient (Wildman–Crippen LogP) is 1.22. The molecule has 0 aromatic carbocycles. The largest absolute Gasteiger partial charge is 0.395 e. The Balaban J connectivity index is 1.68. The smallest absolute Gasteiger partial charge is 0.0586 e. The lowest BCUT2D eigenvalue weighted by atomic mass is 10.0. The minimum Gasteiger partial charge on any atom is -0.395 e. The van der Waals surface area contributed by atoms with E-state index < -0.39 is 0 Å². The minimum atomic E-state index is 0.336. The van der Waals surface area contributed by atoms with Crippen molar-refractivity contribution in [2.45, 2.75) is 51.1 Å². The summed E-state index contributed by atoms with van der Waals surface area (Å²) in [6.07, 6.45) is 6.51. The van der Waals surface area contributed by atoms with Crippen molar-refractivity contribution in [2.24, 2.45) is 5.92 Å². The Morgan fingerprint density at radius 2 is 2.12 bits per heavy atom. The molecule has 1 saturated carbocycles. The standard InChI is InChI=1S/C13H26N2O/c1-11(8-14-12-5-6-12)9-15-7-3-2-4-13(15)10-16/h11-14,16H,2-10H2,1H3. The van der Waals surface area contributed by atoms with Crippen molar-refractivity contribution >= 4 is 0 Å². The molecule has 0 aromatic rings. The van der Waals surface area contributed by atoms with E-state index in [0.29, 0.717) is 18.6 Å². The third-order valence-corrected chi connectivity index (χ3v) is 3.84. The number of piperidine rings is 1.